The largest absolute Gasteiger partial charge is 0.379 e. The molecule has 0 radical (unpaired) electrons. The van der Waals surface area contributed by atoms with Crippen molar-refractivity contribution in [3.05, 3.63) is 17.0 Å². The van der Waals surface area contributed by atoms with Crippen LogP contribution in [0.1, 0.15) is 55.9 Å². The highest BCUT2D eigenvalue weighted by molar-refractivity contribution is 6.20. The van der Waals surface area contributed by atoms with E-state index in [1.807, 2.05) is 6.92 Å². The molecule has 1 aromatic rings. The van der Waals surface area contributed by atoms with Gasteiger partial charge in [-0.15, -0.1) is 11.6 Å². The first kappa shape index (κ1) is 15.5. The van der Waals surface area contributed by atoms with Crippen molar-refractivity contribution in [3.63, 3.8) is 0 Å². The summed E-state index contributed by atoms with van der Waals surface area (Å²) >= 11 is 6.35. The number of hydrogen-bond acceptors (Lipinski definition) is 2. The van der Waals surface area contributed by atoms with Crippen LogP contribution in [-0.2, 0) is 11.3 Å². The summed E-state index contributed by atoms with van der Waals surface area (Å²) in [4.78, 5) is 0. The Bertz CT molecular complexity index is 399. The molecule has 0 fully saturated rings. The van der Waals surface area contributed by atoms with Crippen molar-refractivity contribution in [1.29, 1.82) is 0 Å². The topological polar surface area (TPSA) is 27.1 Å². The van der Waals surface area contributed by atoms with E-state index in [2.05, 4.69) is 37.5 Å². The zero-order chi connectivity index (χ0) is 13.9. The van der Waals surface area contributed by atoms with Crippen LogP contribution < -0.4 is 0 Å². The van der Waals surface area contributed by atoms with E-state index in [0.717, 1.165) is 25.1 Å². The van der Waals surface area contributed by atoms with Crippen molar-refractivity contribution in [2.75, 3.05) is 7.11 Å². The summed E-state index contributed by atoms with van der Waals surface area (Å²) in [6.45, 7) is 11.3. The normalized spacial score (nSPS) is 13.9. The molecule has 1 unspecified atom stereocenters. The van der Waals surface area contributed by atoms with E-state index in [-0.39, 0.29) is 11.0 Å². The van der Waals surface area contributed by atoms with E-state index in [1.165, 1.54) is 11.3 Å². The predicted octanol–water partition coefficient (Wildman–Crippen LogP) is 4.00. The van der Waals surface area contributed by atoms with Crippen molar-refractivity contribution in [3.8, 4) is 0 Å². The van der Waals surface area contributed by atoms with Gasteiger partial charge < -0.3 is 4.74 Å². The highest BCUT2D eigenvalue weighted by Gasteiger charge is 2.20. The van der Waals surface area contributed by atoms with Crippen molar-refractivity contribution in [2.24, 2.45) is 0 Å². The summed E-state index contributed by atoms with van der Waals surface area (Å²) in [6.07, 6.45) is 1.86. The molecule has 1 atom stereocenters. The van der Waals surface area contributed by atoms with Crippen LogP contribution in [0.5, 0.6) is 0 Å². The number of nitrogens with zero attached hydrogens (tertiary/aromatic N) is 2. The SMILES string of the molecule is CCC(Cl)c1c(C)nn(CCC(C)(C)OC)c1C. The summed E-state index contributed by atoms with van der Waals surface area (Å²) in [5.74, 6) is 0. The number of halogens is 1. The fraction of sp³-hybridized carbons (Fsp3) is 0.786. The van der Waals surface area contributed by atoms with Gasteiger partial charge in [0.1, 0.15) is 0 Å². The average molecular weight is 273 g/mol. The molecule has 0 saturated heterocycles. The molecule has 0 N–H and O–H groups in total. The first-order chi connectivity index (χ1) is 8.32. The molecular formula is C14H25ClN2O. The quantitative estimate of drug-likeness (QED) is 0.732. The van der Waals surface area contributed by atoms with Gasteiger partial charge in [0.2, 0.25) is 0 Å². The van der Waals surface area contributed by atoms with Crippen LogP contribution in [0.3, 0.4) is 0 Å². The molecule has 0 aliphatic heterocycles. The number of alkyl halides is 1. The lowest BCUT2D eigenvalue weighted by molar-refractivity contribution is 0.0112. The van der Waals surface area contributed by atoms with E-state index in [9.17, 15) is 0 Å². The second kappa shape index (κ2) is 6.07. The fourth-order valence-electron chi connectivity index (χ4n) is 2.06. The summed E-state index contributed by atoms with van der Waals surface area (Å²) < 4.78 is 7.49. The van der Waals surface area contributed by atoms with Gasteiger partial charge in [0.15, 0.2) is 0 Å². The summed E-state index contributed by atoms with van der Waals surface area (Å²) in [5.41, 5.74) is 3.30. The van der Waals surface area contributed by atoms with Gasteiger partial charge in [-0.05, 0) is 40.5 Å². The molecule has 3 nitrogen and oxygen atoms in total. The molecule has 0 bridgehead atoms. The van der Waals surface area contributed by atoms with Gasteiger partial charge in [-0.1, -0.05) is 6.92 Å². The lowest BCUT2D eigenvalue weighted by atomic mass is 10.1. The second-order valence-corrected chi connectivity index (χ2v) is 5.92. The predicted molar refractivity (Wildman–Crippen MR) is 76.3 cm³/mol. The van der Waals surface area contributed by atoms with Crippen molar-refractivity contribution >= 4 is 11.6 Å². The molecule has 1 aromatic heterocycles. The Balaban J connectivity index is 2.86. The number of hydrogen-bond donors (Lipinski definition) is 0. The zero-order valence-corrected chi connectivity index (χ0v) is 13.1. The summed E-state index contributed by atoms with van der Waals surface area (Å²) in [5, 5.41) is 4.66. The number of aromatic nitrogens is 2. The van der Waals surface area contributed by atoms with Crippen LogP contribution in [0.2, 0.25) is 0 Å². The molecule has 0 aromatic carbocycles. The minimum absolute atomic E-state index is 0.0641. The zero-order valence-electron chi connectivity index (χ0n) is 12.4. The van der Waals surface area contributed by atoms with Gasteiger partial charge in [-0.25, -0.2) is 0 Å². The standard InChI is InChI=1S/C14H25ClN2O/c1-7-12(15)13-10(2)16-17(11(13)3)9-8-14(4,5)18-6/h12H,7-9H2,1-6H3. The summed E-state index contributed by atoms with van der Waals surface area (Å²) in [7, 11) is 1.75. The first-order valence-corrected chi connectivity index (χ1v) is 6.99. The molecule has 0 aliphatic rings. The third-order valence-electron chi connectivity index (χ3n) is 3.59. The number of rotatable bonds is 6. The van der Waals surface area contributed by atoms with Crippen LogP contribution in [0.15, 0.2) is 0 Å². The molecule has 4 heteroatoms. The Morgan fingerprint density at radius 3 is 2.50 bits per heavy atom. The van der Waals surface area contributed by atoms with E-state index in [1.54, 1.807) is 7.11 Å². The smallest absolute Gasteiger partial charge is 0.0643 e. The monoisotopic (exact) mass is 272 g/mol. The second-order valence-electron chi connectivity index (χ2n) is 5.40. The maximum absolute atomic E-state index is 6.35. The summed E-state index contributed by atoms with van der Waals surface area (Å²) in [6, 6.07) is 0. The van der Waals surface area contributed by atoms with Crippen molar-refractivity contribution in [1.82, 2.24) is 9.78 Å². The molecule has 0 amide bonds. The van der Waals surface area contributed by atoms with Gasteiger partial charge >= 0.3 is 0 Å². The van der Waals surface area contributed by atoms with Crippen LogP contribution in [0, 0.1) is 13.8 Å². The van der Waals surface area contributed by atoms with E-state index >= 15 is 0 Å². The van der Waals surface area contributed by atoms with Crippen LogP contribution in [0.25, 0.3) is 0 Å². The highest BCUT2D eigenvalue weighted by Crippen LogP contribution is 2.29. The third kappa shape index (κ3) is 3.48. The van der Waals surface area contributed by atoms with Gasteiger partial charge in [0.25, 0.3) is 0 Å². The maximum atomic E-state index is 6.35. The lowest BCUT2D eigenvalue weighted by Gasteiger charge is -2.23. The first-order valence-electron chi connectivity index (χ1n) is 6.55. The van der Waals surface area contributed by atoms with E-state index in [0.29, 0.717) is 0 Å². The van der Waals surface area contributed by atoms with Gasteiger partial charge in [0.05, 0.1) is 16.7 Å². The van der Waals surface area contributed by atoms with E-state index < -0.39 is 0 Å². The number of methoxy groups -OCH3 is 1. The molecule has 18 heavy (non-hydrogen) atoms. The highest BCUT2D eigenvalue weighted by atomic mass is 35.5. The molecular weight excluding hydrogens is 248 g/mol. The Morgan fingerprint density at radius 1 is 1.39 bits per heavy atom. The van der Waals surface area contributed by atoms with Gasteiger partial charge in [-0.3, -0.25) is 4.68 Å². The molecule has 1 rings (SSSR count). The molecule has 0 saturated carbocycles. The van der Waals surface area contributed by atoms with Gasteiger partial charge in [0, 0.05) is 24.9 Å². The van der Waals surface area contributed by atoms with Crippen LogP contribution in [-0.4, -0.2) is 22.5 Å². The third-order valence-corrected chi connectivity index (χ3v) is 4.11. The van der Waals surface area contributed by atoms with E-state index in [4.69, 9.17) is 16.3 Å². The molecule has 104 valence electrons. The Hall–Kier alpha value is -0.540. The Morgan fingerprint density at radius 2 is 2.00 bits per heavy atom. The molecule has 0 aliphatic carbocycles. The fourth-order valence-corrected chi connectivity index (χ4v) is 2.38. The molecule has 1 heterocycles. The van der Waals surface area contributed by atoms with Crippen LogP contribution in [0.4, 0.5) is 0 Å². The van der Waals surface area contributed by atoms with Crippen LogP contribution >= 0.6 is 11.6 Å². The van der Waals surface area contributed by atoms with Crippen molar-refractivity contribution < 1.29 is 4.74 Å². The van der Waals surface area contributed by atoms with Crippen molar-refractivity contribution in [2.45, 2.75) is 65.0 Å². The minimum Gasteiger partial charge on any atom is -0.379 e. The molecule has 0 spiro atoms. The number of ether oxygens (including phenoxy) is 1. The average Bonchev–Trinajstić information content (AvgIpc) is 2.61. The number of aryl methyl sites for hydroxylation is 2. The Labute approximate surface area is 115 Å². The Kier molecular flexibility index (Phi) is 5.23. The maximum Gasteiger partial charge on any atom is 0.0643 e. The lowest BCUT2D eigenvalue weighted by Crippen LogP contribution is -2.25. The minimum atomic E-state index is -0.114. The van der Waals surface area contributed by atoms with Gasteiger partial charge in [-0.2, -0.15) is 5.10 Å².